The molecule has 0 aliphatic heterocycles. The van der Waals surface area contributed by atoms with Crippen LogP contribution in [0.4, 0.5) is 8.78 Å². The third kappa shape index (κ3) is 4.75. The zero-order valence-corrected chi connectivity index (χ0v) is 19.9. The van der Waals surface area contributed by atoms with Gasteiger partial charge in [-0.25, -0.2) is 28.1 Å². The van der Waals surface area contributed by atoms with Crippen molar-refractivity contribution in [1.82, 2.24) is 19.5 Å². The number of hydrogen-bond donors (Lipinski definition) is 2. The Morgan fingerprint density at radius 1 is 1.11 bits per heavy atom. The third-order valence-electron chi connectivity index (χ3n) is 4.95. The minimum atomic E-state index is -1.13. The fourth-order valence-electron chi connectivity index (χ4n) is 3.40. The lowest BCUT2D eigenvalue weighted by molar-refractivity contribution is 0.191. The van der Waals surface area contributed by atoms with Crippen LogP contribution in [-0.4, -0.2) is 44.9 Å². The van der Waals surface area contributed by atoms with Crippen LogP contribution in [0.2, 0.25) is 10.2 Å². The lowest BCUT2D eigenvalue weighted by Crippen LogP contribution is -2.16. The van der Waals surface area contributed by atoms with E-state index >= 15 is 0 Å². The number of aromatic nitrogens is 4. The zero-order valence-electron chi connectivity index (χ0n) is 18.4. The lowest BCUT2D eigenvalue weighted by atomic mass is 10.2. The van der Waals surface area contributed by atoms with Gasteiger partial charge in [0.05, 0.1) is 30.0 Å². The molecule has 0 atom stereocenters. The Morgan fingerprint density at radius 3 is 2.57 bits per heavy atom. The summed E-state index contributed by atoms with van der Waals surface area (Å²) in [5.41, 5.74) is -0.252. The summed E-state index contributed by atoms with van der Waals surface area (Å²) in [5, 5.41) is 9.29. The first-order valence-electron chi connectivity index (χ1n) is 10.1. The predicted octanol–water partition coefficient (Wildman–Crippen LogP) is 3.96. The van der Waals surface area contributed by atoms with E-state index in [0.717, 1.165) is 6.07 Å². The fourth-order valence-corrected chi connectivity index (χ4v) is 3.90. The summed E-state index contributed by atoms with van der Waals surface area (Å²) in [6.45, 7) is 0.760. The fraction of sp³-hybridized carbons (Fsp3) is 0.227. The molecule has 0 fully saturated rings. The van der Waals surface area contributed by atoms with Crippen molar-refractivity contribution in [1.29, 1.82) is 0 Å². The number of H-pyrrole nitrogens is 1. The number of nitrogens with one attached hydrogen (secondary N) is 1. The highest BCUT2D eigenvalue weighted by Gasteiger charge is 2.21. The maximum absolute atomic E-state index is 14.4. The molecule has 4 rings (SSSR count). The van der Waals surface area contributed by atoms with Gasteiger partial charge in [0.15, 0.2) is 33.9 Å². The second-order valence-corrected chi connectivity index (χ2v) is 7.94. The van der Waals surface area contributed by atoms with Crippen LogP contribution >= 0.6 is 23.2 Å². The highest BCUT2D eigenvalue weighted by atomic mass is 35.5. The monoisotopic (exact) mass is 526 g/mol. The second-order valence-electron chi connectivity index (χ2n) is 7.18. The minimum Gasteiger partial charge on any atom is -0.496 e. The summed E-state index contributed by atoms with van der Waals surface area (Å²) < 4.78 is 45.8. The molecule has 0 bridgehead atoms. The number of imidazole rings is 1. The van der Waals surface area contributed by atoms with Crippen molar-refractivity contribution in [3.63, 3.8) is 0 Å². The Bertz CT molecular complexity index is 1470. The van der Waals surface area contributed by atoms with Gasteiger partial charge in [0.25, 0.3) is 0 Å². The van der Waals surface area contributed by atoms with Gasteiger partial charge < -0.3 is 24.3 Å². The van der Waals surface area contributed by atoms with Crippen molar-refractivity contribution < 1.29 is 28.1 Å². The average molecular weight is 527 g/mol. The van der Waals surface area contributed by atoms with Crippen molar-refractivity contribution in [2.45, 2.75) is 13.5 Å². The van der Waals surface area contributed by atoms with Crippen LogP contribution in [0.1, 0.15) is 11.4 Å². The molecule has 0 saturated carbocycles. The number of aliphatic hydroxyl groups is 1. The van der Waals surface area contributed by atoms with E-state index in [1.165, 1.54) is 29.9 Å². The van der Waals surface area contributed by atoms with Crippen LogP contribution in [0.3, 0.4) is 0 Å². The number of benzene rings is 2. The van der Waals surface area contributed by atoms with Gasteiger partial charge in [-0.2, -0.15) is 0 Å². The summed E-state index contributed by atoms with van der Waals surface area (Å²) in [7, 11) is 1.31. The number of aromatic amines is 1. The molecular weight excluding hydrogens is 509 g/mol. The molecular formula is C22H18Cl2F2N4O5. The maximum Gasteiger partial charge on any atom is 0.332 e. The van der Waals surface area contributed by atoms with Crippen molar-refractivity contribution in [3.8, 4) is 22.9 Å². The quantitative estimate of drug-likeness (QED) is 0.334. The zero-order chi connectivity index (χ0) is 25.3. The summed E-state index contributed by atoms with van der Waals surface area (Å²) in [6.07, 6.45) is 0. The molecule has 0 saturated heterocycles. The Hall–Kier alpha value is -3.41. The van der Waals surface area contributed by atoms with E-state index in [1.807, 2.05) is 0 Å². The van der Waals surface area contributed by atoms with Gasteiger partial charge in [-0.1, -0.05) is 23.2 Å². The highest BCUT2D eigenvalue weighted by Crippen LogP contribution is 2.37. The van der Waals surface area contributed by atoms with E-state index in [-0.39, 0.29) is 63.1 Å². The van der Waals surface area contributed by atoms with E-state index in [1.54, 1.807) is 6.92 Å². The molecule has 2 N–H and O–H groups in total. The summed E-state index contributed by atoms with van der Waals surface area (Å²) >= 11 is 12.6. The molecule has 0 aliphatic carbocycles. The molecule has 2 heterocycles. The van der Waals surface area contributed by atoms with E-state index in [9.17, 15) is 13.6 Å². The van der Waals surface area contributed by atoms with Gasteiger partial charge in [0, 0.05) is 12.1 Å². The molecule has 13 heteroatoms. The van der Waals surface area contributed by atoms with E-state index < -0.39 is 23.9 Å². The lowest BCUT2D eigenvalue weighted by Gasteiger charge is -2.17. The molecule has 0 radical (unpaired) electrons. The number of aryl methyl sites for hydroxylation is 1. The van der Waals surface area contributed by atoms with Gasteiger partial charge in [0.1, 0.15) is 30.3 Å². The number of fused-ring (bicyclic) bond motifs is 1. The molecule has 0 aliphatic rings. The summed E-state index contributed by atoms with van der Waals surface area (Å²) in [4.78, 5) is 23.7. The average Bonchev–Trinajstić information content (AvgIpc) is 3.15. The first kappa shape index (κ1) is 24.7. The van der Waals surface area contributed by atoms with Crippen molar-refractivity contribution in [2.75, 3.05) is 20.3 Å². The largest absolute Gasteiger partial charge is 0.496 e. The van der Waals surface area contributed by atoms with Crippen LogP contribution in [0.15, 0.2) is 29.1 Å². The SMILES string of the molecule is COc1ccc(F)c(F)c1COc1cc(-n2c(=O)[nH]c3c(Cl)nc(C)nc32)c(Cl)cc1OCCO. The van der Waals surface area contributed by atoms with Crippen molar-refractivity contribution >= 4 is 34.4 Å². The van der Waals surface area contributed by atoms with Gasteiger partial charge in [-0.05, 0) is 19.1 Å². The van der Waals surface area contributed by atoms with Crippen LogP contribution in [0, 0.1) is 18.6 Å². The van der Waals surface area contributed by atoms with Gasteiger partial charge >= 0.3 is 5.69 Å². The second kappa shape index (κ2) is 10.1. The first-order chi connectivity index (χ1) is 16.7. The molecule has 9 nitrogen and oxygen atoms in total. The molecule has 0 amide bonds. The molecule has 2 aromatic carbocycles. The predicted molar refractivity (Wildman–Crippen MR) is 124 cm³/mol. The van der Waals surface area contributed by atoms with Crippen LogP contribution in [0.25, 0.3) is 16.9 Å². The van der Waals surface area contributed by atoms with Crippen LogP contribution in [0.5, 0.6) is 17.2 Å². The van der Waals surface area contributed by atoms with Crippen LogP contribution < -0.4 is 19.9 Å². The molecule has 184 valence electrons. The number of rotatable bonds is 8. The summed E-state index contributed by atoms with van der Waals surface area (Å²) in [6, 6.07) is 4.94. The minimum absolute atomic E-state index is 0.0293. The number of methoxy groups -OCH3 is 1. The molecule has 35 heavy (non-hydrogen) atoms. The van der Waals surface area contributed by atoms with E-state index in [0.29, 0.717) is 5.82 Å². The maximum atomic E-state index is 14.4. The smallest absolute Gasteiger partial charge is 0.332 e. The van der Waals surface area contributed by atoms with Gasteiger partial charge in [-0.15, -0.1) is 0 Å². The number of nitrogens with zero attached hydrogens (tertiary/aromatic N) is 3. The molecule has 4 aromatic rings. The standard InChI is InChI=1S/C22H18Cl2F2N4O5/c1-10-27-20(24)19-21(28-10)30(22(32)29-19)14-8-17(16(7-12(14)23)34-6-5-31)35-9-11-15(33-2)4-3-13(25)18(11)26/h3-4,7-8,31H,5-6,9H2,1-2H3,(H,29,32). The van der Waals surface area contributed by atoms with E-state index in [4.69, 9.17) is 42.5 Å². The topological polar surface area (TPSA) is 111 Å². The number of ether oxygens (including phenoxy) is 3. The Labute approximate surface area is 206 Å². The summed E-state index contributed by atoms with van der Waals surface area (Å²) in [5.74, 6) is -1.69. The molecule has 0 spiro atoms. The molecule has 2 aromatic heterocycles. The van der Waals surface area contributed by atoms with Crippen molar-refractivity contribution in [3.05, 3.63) is 67.9 Å². The Balaban J connectivity index is 1.83. The normalized spacial score (nSPS) is 11.2. The van der Waals surface area contributed by atoms with E-state index in [2.05, 4.69) is 15.0 Å². The van der Waals surface area contributed by atoms with Crippen molar-refractivity contribution in [2.24, 2.45) is 0 Å². The van der Waals surface area contributed by atoms with Gasteiger partial charge in [0.2, 0.25) is 0 Å². The first-order valence-corrected chi connectivity index (χ1v) is 10.9. The Kier molecular flexibility index (Phi) is 7.10. The number of halogens is 4. The number of aliphatic hydroxyl groups excluding tert-OH is 1. The highest BCUT2D eigenvalue weighted by molar-refractivity contribution is 6.34. The Morgan fingerprint density at radius 2 is 1.86 bits per heavy atom. The molecule has 0 unspecified atom stereocenters. The van der Waals surface area contributed by atoms with Crippen LogP contribution in [-0.2, 0) is 6.61 Å². The van der Waals surface area contributed by atoms with Gasteiger partial charge in [-0.3, -0.25) is 0 Å². The third-order valence-corrected chi connectivity index (χ3v) is 5.53. The number of hydrogen-bond acceptors (Lipinski definition) is 7.